The van der Waals surface area contributed by atoms with Crippen LogP contribution in [-0.4, -0.2) is 28.9 Å². The predicted molar refractivity (Wildman–Crippen MR) is 63.7 cm³/mol. The summed E-state index contributed by atoms with van der Waals surface area (Å²) in [6.07, 6.45) is -4.31. The summed E-state index contributed by atoms with van der Waals surface area (Å²) in [4.78, 5) is 5.05. The largest absolute Gasteiger partial charge is 0.405 e. The SMILES string of the molecule is CC(C)N(CC(F)(F)F)c1ccc(Cl)c(CO)n1. The number of anilines is 1. The van der Waals surface area contributed by atoms with Crippen LogP contribution < -0.4 is 4.90 Å². The molecule has 0 fully saturated rings. The standard InChI is InChI=1S/C11H14ClF3N2O/c1-7(2)17(6-11(13,14)15)10-4-3-8(12)9(5-18)16-10/h3-4,7,18H,5-6H2,1-2H3. The Bertz CT molecular complexity index is 410. The molecule has 1 rings (SSSR count). The van der Waals surface area contributed by atoms with Crippen LogP contribution in [0.1, 0.15) is 19.5 Å². The Kier molecular flexibility index (Phi) is 4.81. The van der Waals surface area contributed by atoms with Gasteiger partial charge in [-0.05, 0) is 26.0 Å². The van der Waals surface area contributed by atoms with Gasteiger partial charge in [-0.2, -0.15) is 13.2 Å². The number of aliphatic hydroxyl groups excluding tert-OH is 1. The summed E-state index contributed by atoms with van der Waals surface area (Å²) in [6, 6.07) is 2.47. The van der Waals surface area contributed by atoms with Crippen molar-refractivity contribution in [3.05, 3.63) is 22.8 Å². The van der Waals surface area contributed by atoms with Gasteiger partial charge in [-0.3, -0.25) is 0 Å². The Balaban J connectivity index is 3.06. The lowest BCUT2D eigenvalue weighted by Crippen LogP contribution is -2.39. The monoisotopic (exact) mass is 282 g/mol. The van der Waals surface area contributed by atoms with Crippen LogP contribution in [-0.2, 0) is 6.61 Å². The fourth-order valence-corrected chi connectivity index (χ4v) is 1.63. The summed E-state index contributed by atoms with van der Waals surface area (Å²) in [6.45, 7) is 1.77. The minimum Gasteiger partial charge on any atom is -0.390 e. The van der Waals surface area contributed by atoms with E-state index in [9.17, 15) is 13.2 Å². The van der Waals surface area contributed by atoms with Gasteiger partial charge in [-0.15, -0.1) is 0 Å². The van der Waals surface area contributed by atoms with Crippen LogP contribution in [0, 0.1) is 0 Å². The van der Waals surface area contributed by atoms with E-state index in [-0.39, 0.29) is 22.6 Å². The van der Waals surface area contributed by atoms with Crippen molar-refractivity contribution < 1.29 is 18.3 Å². The first kappa shape index (κ1) is 15.0. The van der Waals surface area contributed by atoms with Crippen molar-refractivity contribution in [1.29, 1.82) is 0 Å². The molecular weight excluding hydrogens is 269 g/mol. The van der Waals surface area contributed by atoms with Gasteiger partial charge in [-0.1, -0.05) is 11.6 Å². The van der Waals surface area contributed by atoms with E-state index in [0.29, 0.717) is 0 Å². The number of aliphatic hydroxyl groups is 1. The van der Waals surface area contributed by atoms with Crippen molar-refractivity contribution in [3.63, 3.8) is 0 Å². The third-order valence-electron chi connectivity index (χ3n) is 2.32. The number of halogens is 4. The molecule has 0 saturated carbocycles. The number of pyridine rings is 1. The fraction of sp³-hybridized carbons (Fsp3) is 0.545. The highest BCUT2D eigenvalue weighted by molar-refractivity contribution is 6.31. The van der Waals surface area contributed by atoms with E-state index in [1.165, 1.54) is 12.1 Å². The van der Waals surface area contributed by atoms with E-state index in [2.05, 4.69) is 4.98 Å². The van der Waals surface area contributed by atoms with Crippen molar-refractivity contribution in [2.45, 2.75) is 32.7 Å². The van der Waals surface area contributed by atoms with Gasteiger partial charge in [0.25, 0.3) is 0 Å². The molecule has 1 heterocycles. The lowest BCUT2D eigenvalue weighted by Gasteiger charge is -2.29. The maximum Gasteiger partial charge on any atom is 0.405 e. The van der Waals surface area contributed by atoms with Crippen LogP contribution in [0.5, 0.6) is 0 Å². The topological polar surface area (TPSA) is 36.4 Å². The normalized spacial score (nSPS) is 12.0. The minimum atomic E-state index is -4.31. The van der Waals surface area contributed by atoms with Crippen molar-refractivity contribution in [3.8, 4) is 0 Å². The van der Waals surface area contributed by atoms with E-state index in [1.807, 2.05) is 0 Å². The van der Waals surface area contributed by atoms with Gasteiger partial charge in [0.1, 0.15) is 12.4 Å². The van der Waals surface area contributed by atoms with Crippen LogP contribution in [0.15, 0.2) is 12.1 Å². The van der Waals surface area contributed by atoms with Gasteiger partial charge in [0, 0.05) is 6.04 Å². The average Bonchev–Trinajstić information content (AvgIpc) is 2.25. The molecule has 0 aliphatic carbocycles. The summed E-state index contributed by atoms with van der Waals surface area (Å²) in [5.41, 5.74) is 0.169. The number of nitrogens with zero attached hydrogens (tertiary/aromatic N) is 2. The molecule has 1 aromatic rings. The first-order valence-electron chi connectivity index (χ1n) is 5.34. The Hall–Kier alpha value is -1.01. The first-order chi connectivity index (χ1) is 8.24. The van der Waals surface area contributed by atoms with Crippen molar-refractivity contribution in [2.24, 2.45) is 0 Å². The molecule has 0 unspecified atom stereocenters. The molecule has 0 spiro atoms. The average molecular weight is 283 g/mol. The molecular formula is C11H14ClF3N2O. The van der Waals surface area contributed by atoms with Crippen LogP contribution in [0.2, 0.25) is 5.02 Å². The number of hydrogen-bond donors (Lipinski definition) is 1. The number of aromatic nitrogens is 1. The zero-order chi connectivity index (χ0) is 13.9. The van der Waals surface area contributed by atoms with Crippen LogP contribution >= 0.6 is 11.6 Å². The smallest absolute Gasteiger partial charge is 0.390 e. The molecule has 0 aromatic carbocycles. The summed E-state index contributed by atoms with van der Waals surface area (Å²) in [7, 11) is 0. The molecule has 18 heavy (non-hydrogen) atoms. The number of alkyl halides is 3. The molecule has 0 bridgehead atoms. The molecule has 1 N–H and O–H groups in total. The van der Waals surface area contributed by atoms with Gasteiger partial charge in [0.15, 0.2) is 0 Å². The Morgan fingerprint density at radius 2 is 2.00 bits per heavy atom. The predicted octanol–water partition coefficient (Wildman–Crippen LogP) is 3.00. The molecule has 0 atom stereocenters. The summed E-state index contributed by atoms with van der Waals surface area (Å²) >= 11 is 5.75. The molecule has 3 nitrogen and oxygen atoms in total. The zero-order valence-electron chi connectivity index (χ0n) is 10.00. The van der Waals surface area contributed by atoms with Gasteiger partial charge in [0.05, 0.1) is 17.3 Å². The maximum absolute atomic E-state index is 12.5. The molecule has 0 aliphatic heterocycles. The third kappa shape index (κ3) is 4.03. The first-order valence-corrected chi connectivity index (χ1v) is 5.72. The van der Waals surface area contributed by atoms with Crippen molar-refractivity contribution in [2.75, 3.05) is 11.4 Å². The quantitative estimate of drug-likeness (QED) is 0.922. The van der Waals surface area contributed by atoms with Gasteiger partial charge >= 0.3 is 6.18 Å². The lowest BCUT2D eigenvalue weighted by atomic mass is 10.2. The van der Waals surface area contributed by atoms with Crippen LogP contribution in [0.3, 0.4) is 0 Å². The van der Waals surface area contributed by atoms with E-state index in [0.717, 1.165) is 4.90 Å². The second kappa shape index (κ2) is 5.75. The highest BCUT2D eigenvalue weighted by Crippen LogP contribution is 2.25. The van der Waals surface area contributed by atoms with Crippen LogP contribution in [0.25, 0.3) is 0 Å². The zero-order valence-corrected chi connectivity index (χ0v) is 10.8. The number of rotatable bonds is 4. The van der Waals surface area contributed by atoms with E-state index < -0.39 is 19.3 Å². The second-order valence-corrected chi connectivity index (χ2v) is 4.50. The van der Waals surface area contributed by atoms with Gasteiger partial charge in [0.2, 0.25) is 0 Å². The Morgan fingerprint density at radius 1 is 1.39 bits per heavy atom. The van der Waals surface area contributed by atoms with Crippen molar-refractivity contribution >= 4 is 17.4 Å². The van der Waals surface area contributed by atoms with Gasteiger partial charge in [-0.25, -0.2) is 4.98 Å². The minimum absolute atomic E-state index is 0.149. The molecule has 7 heteroatoms. The fourth-order valence-electron chi connectivity index (χ4n) is 1.46. The van der Waals surface area contributed by atoms with Crippen molar-refractivity contribution in [1.82, 2.24) is 4.98 Å². The summed E-state index contributed by atoms with van der Waals surface area (Å²) in [5.74, 6) is 0.149. The highest BCUT2D eigenvalue weighted by atomic mass is 35.5. The van der Waals surface area contributed by atoms with E-state index in [4.69, 9.17) is 16.7 Å². The molecule has 102 valence electrons. The molecule has 0 saturated heterocycles. The third-order valence-corrected chi connectivity index (χ3v) is 2.67. The Morgan fingerprint density at radius 3 is 2.44 bits per heavy atom. The molecule has 0 amide bonds. The molecule has 1 aromatic heterocycles. The van der Waals surface area contributed by atoms with E-state index >= 15 is 0 Å². The van der Waals surface area contributed by atoms with Crippen LogP contribution in [0.4, 0.5) is 19.0 Å². The second-order valence-electron chi connectivity index (χ2n) is 4.09. The lowest BCUT2D eigenvalue weighted by molar-refractivity contribution is -0.120. The summed E-state index contributed by atoms with van der Waals surface area (Å²) < 4.78 is 37.4. The summed E-state index contributed by atoms with van der Waals surface area (Å²) in [5, 5.41) is 9.24. The van der Waals surface area contributed by atoms with Gasteiger partial charge < -0.3 is 10.0 Å². The molecule has 0 aliphatic rings. The molecule has 0 radical (unpaired) electrons. The maximum atomic E-state index is 12.5. The van der Waals surface area contributed by atoms with E-state index in [1.54, 1.807) is 13.8 Å². The Labute approximate surface area is 108 Å². The highest BCUT2D eigenvalue weighted by Gasteiger charge is 2.32. The number of hydrogen-bond acceptors (Lipinski definition) is 3.